The predicted octanol–water partition coefficient (Wildman–Crippen LogP) is 1.35. The second-order valence-corrected chi connectivity index (χ2v) is 5.73. The van der Waals surface area contributed by atoms with Crippen LogP contribution >= 0.6 is 24.8 Å². The molecule has 1 unspecified atom stereocenters. The van der Waals surface area contributed by atoms with Crippen LogP contribution < -0.4 is 5.32 Å². The number of aryl methyl sites for hydroxylation is 1. The summed E-state index contributed by atoms with van der Waals surface area (Å²) in [5.41, 5.74) is 1.74. The summed E-state index contributed by atoms with van der Waals surface area (Å²) < 4.78 is 0. The van der Waals surface area contributed by atoms with Crippen LogP contribution in [-0.2, 0) is 0 Å². The van der Waals surface area contributed by atoms with E-state index in [1.807, 2.05) is 17.9 Å². The van der Waals surface area contributed by atoms with Crippen LogP contribution in [0.5, 0.6) is 0 Å². The molecule has 2 saturated heterocycles. The van der Waals surface area contributed by atoms with Gasteiger partial charge in [0.1, 0.15) is 0 Å². The van der Waals surface area contributed by atoms with Crippen molar-refractivity contribution in [3.63, 3.8) is 0 Å². The molecule has 5 nitrogen and oxygen atoms in total. The Bertz CT molecular complexity index is 486. The fourth-order valence-corrected chi connectivity index (χ4v) is 3.10. The van der Waals surface area contributed by atoms with E-state index in [4.69, 9.17) is 0 Å². The highest BCUT2D eigenvalue weighted by Crippen LogP contribution is 2.14. The van der Waals surface area contributed by atoms with Crippen LogP contribution in [0.3, 0.4) is 0 Å². The number of piperazine rings is 1. The van der Waals surface area contributed by atoms with Crippen LogP contribution in [0.1, 0.15) is 22.3 Å². The van der Waals surface area contributed by atoms with Crippen molar-refractivity contribution in [1.82, 2.24) is 20.1 Å². The summed E-state index contributed by atoms with van der Waals surface area (Å²) in [5.74, 6) is 0.116. The molecule has 0 bridgehead atoms. The number of nitrogens with one attached hydrogen (secondary N) is 1. The van der Waals surface area contributed by atoms with Crippen molar-refractivity contribution in [2.75, 3.05) is 39.3 Å². The molecule has 22 heavy (non-hydrogen) atoms. The van der Waals surface area contributed by atoms with E-state index < -0.39 is 0 Å². The van der Waals surface area contributed by atoms with E-state index in [-0.39, 0.29) is 30.7 Å². The minimum atomic E-state index is 0. The summed E-state index contributed by atoms with van der Waals surface area (Å²) in [6.45, 7) is 7.80. The number of amides is 1. The fraction of sp³-hybridized carbons (Fsp3) is 0.600. The number of carbonyl (C=O) groups is 1. The van der Waals surface area contributed by atoms with Gasteiger partial charge in [-0.05, 0) is 31.5 Å². The Morgan fingerprint density at radius 3 is 2.55 bits per heavy atom. The van der Waals surface area contributed by atoms with Crippen molar-refractivity contribution >= 4 is 30.7 Å². The zero-order chi connectivity index (χ0) is 13.9. The lowest BCUT2D eigenvalue weighted by Crippen LogP contribution is -2.52. The van der Waals surface area contributed by atoms with E-state index in [1.54, 1.807) is 12.4 Å². The van der Waals surface area contributed by atoms with Crippen LogP contribution in [0.4, 0.5) is 0 Å². The van der Waals surface area contributed by atoms with Crippen molar-refractivity contribution in [3.05, 3.63) is 29.6 Å². The van der Waals surface area contributed by atoms with E-state index in [0.717, 1.165) is 44.8 Å². The van der Waals surface area contributed by atoms with Crippen molar-refractivity contribution in [2.24, 2.45) is 0 Å². The van der Waals surface area contributed by atoms with Crippen LogP contribution in [0, 0.1) is 6.92 Å². The maximum absolute atomic E-state index is 12.4. The van der Waals surface area contributed by atoms with Gasteiger partial charge in [-0.15, -0.1) is 24.8 Å². The van der Waals surface area contributed by atoms with E-state index in [0.29, 0.717) is 11.6 Å². The van der Waals surface area contributed by atoms with Gasteiger partial charge in [0, 0.05) is 51.2 Å². The Kier molecular flexibility index (Phi) is 7.56. The molecule has 1 amide bonds. The molecule has 0 aromatic carbocycles. The second-order valence-electron chi connectivity index (χ2n) is 5.73. The quantitative estimate of drug-likeness (QED) is 0.878. The smallest absolute Gasteiger partial charge is 0.255 e. The predicted molar refractivity (Wildman–Crippen MR) is 92.2 cm³/mol. The van der Waals surface area contributed by atoms with Gasteiger partial charge in [-0.3, -0.25) is 14.7 Å². The third-order valence-electron chi connectivity index (χ3n) is 4.27. The lowest BCUT2D eigenvalue weighted by molar-refractivity contribution is 0.0583. The highest BCUT2D eigenvalue weighted by molar-refractivity contribution is 5.94. The molecular weight excluding hydrogens is 323 g/mol. The van der Waals surface area contributed by atoms with Crippen LogP contribution in [0.15, 0.2) is 18.5 Å². The zero-order valence-electron chi connectivity index (χ0n) is 12.8. The molecule has 3 heterocycles. The SMILES string of the molecule is Cc1cncc(C(=O)N2CCN(C3CCNC3)CC2)c1.Cl.Cl. The first-order chi connectivity index (χ1) is 9.74. The molecule has 3 rings (SSSR count). The fourth-order valence-electron chi connectivity index (χ4n) is 3.10. The van der Waals surface area contributed by atoms with Crippen molar-refractivity contribution in [1.29, 1.82) is 0 Å². The molecular formula is C15H24Cl2N4O. The van der Waals surface area contributed by atoms with Gasteiger partial charge < -0.3 is 10.2 Å². The molecule has 0 aliphatic carbocycles. The number of aromatic nitrogens is 1. The Balaban J connectivity index is 0.00000121. The molecule has 1 aromatic heterocycles. The van der Waals surface area contributed by atoms with Gasteiger partial charge in [-0.2, -0.15) is 0 Å². The molecule has 0 radical (unpaired) electrons. The van der Waals surface area contributed by atoms with E-state index >= 15 is 0 Å². The number of hydrogen-bond acceptors (Lipinski definition) is 4. The summed E-state index contributed by atoms with van der Waals surface area (Å²) in [7, 11) is 0. The van der Waals surface area contributed by atoms with Gasteiger partial charge in [-0.25, -0.2) is 0 Å². The van der Waals surface area contributed by atoms with Crippen molar-refractivity contribution in [2.45, 2.75) is 19.4 Å². The van der Waals surface area contributed by atoms with E-state index in [2.05, 4.69) is 15.2 Å². The first-order valence-corrected chi connectivity index (χ1v) is 7.40. The zero-order valence-corrected chi connectivity index (χ0v) is 14.5. The molecule has 124 valence electrons. The monoisotopic (exact) mass is 346 g/mol. The Labute approximate surface area is 144 Å². The minimum absolute atomic E-state index is 0. The Morgan fingerprint density at radius 1 is 1.23 bits per heavy atom. The first-order valence-electron chi connectivity index (χ1n) is 7.40. The maximum Gasteiger partial charge on any atom is 0.255 e. The standard InChI is InChI=1S/C15H22N4O.2ClH/c1-12-8-13(10-17-9-12)15(20)19-6-4-18(5-7-19)14-2-3-16-11-14;;/h8-10,14,16H,2-7,11H2,1H3;2*1H. The molecule has 2 fully saturated rings. The van der Waals surface area contributed by atoms with Crippen molar-refractivity contribution in [3.8, 4) is 0 Å². The summed E-state index contributed by atoms with van der Waals surface area (Å²) in [4.78, 5) is 21.0. The third kappa shape index (κ3) is 4.32. The van der Waals surface area contributed by atoms with Crippen molar-refractivity contribution < 1.29 is 4.79 Å². The van der Waals surface area contributed by atoms with Gasteiger partial charge in [0.25, 0.3) is 5.91 Å². The molecule has 7 heteroatoms. The average Bonchev–Trinajstić information content (AvgIpc) is 3.01. The van der Waals surface area contributed by atoms with Gasteiger partial charge in [0.05, 0.1) is 5.56 Å². The molecule has 2 aliphatic heterocycles. The van der Waals surface area contributed by atoms with Crippen LogP contribution in [0.2, 0.25) is 0 Å². The lowest BCUT2D eigenvalue weighted by atomic mass is 10.1. The average molecular weight is 347 g/mol. The van der Waals surface area contributed by atoms with Gasteiger partial charge in [0.15, 0.2) is 0 Å². The number of hydrogen-bond donors (Lipinski definition) is 1. The summed E-state index contributed by atoms with van der Waals surface area (Å²) in [5, 5.41) is 3.41. The summed E-state index contributed by atoms with van der Waals surface area (Å²) in [6, 6.07) is 2.58. The number of carbonyl (C=O) groups excluding carboxylic acids is 1. The van der Waals surface area contributed by atoms with Crippen LogP contribution in [-0.4, -0.2) is 66.0 Å². The van der Waals surface area contributed by atoms with Crippen LogP contribution in [0.25, 0.3) is 0 Å². The topological polar surface area (TPSA) is 48.5 Å². The highest BCUT2D eigenvalue weighted by Gasteiger charge is 2.28. The van der Waals surface area contributed by atoms with E-state index in [9.17, 15) is 4.79 Å². The summed E-state index contributed by atoms with van der Waals surface area (Å²) in [6.07, 6.45) is 4.68. The molecule has 0 spiro atoms. The number of halogens is 2. The van der Waals surface area contributed by atoms with Gasteiger partial charge in [-0.1, -0.05) is 0 Å². The normalized spacial score (nSPS) is 21.9. The second kappa shape index (κ2) is 8.67. The molecule has 1 N–H and O–H groups in total. The largest absolute Gasteiger partial charge is 0.336 e. The molecule has 2 aliphatic rings. The maximum atomic E-state index is 12.4. The molecule has 0 saturated carbocycles. The van der Waals surface area contributed by atoms with Gasteiger partial charge >= 0.3 is 0 Å². The third-order valence-corrected chi connectivity index (χ3v) is 4.27. The first kappa shape index (κ1) is 19.2. The molecule has 1 aromatic rings. The number of rotatable bonds is 2. The number of nitrogens with zero attached hydrogens (tertiary/aromatic N) is 3. The Morgan fingerprint density at radius 2 is 1.95 bits per heavy atom. The summed E-state index contributed by atoms with van der Waals surface area (Å²) >= 11 is 0. The number of pyridine rings is 1. The Hall–Kier alpha value is -0.880. The van der Waals surface area contributed by atoms with E-state index in [1.165, 1.54) is 6.42 Å². The minimum Gasteiger partial charge on any atom is -0.336 e. The lowest BCUT2D eigenvalue weighted by Gasteiger charge is -2.37. The highest BCUT2D eigenvalue weighted by atomic mass is 35.5. The van der Waals surface area contributed by atoms with Gasteiger partial charge in [0.2, 0.25) is 0 Å². The molecule has 1 atom stereocenters.